The second-order valence-electron chi connectivity index (χ2n) is 15.3. The molecule has 2 saturated heterocycles. The highest BCUT2D eigenvalue weighted by Gasteiger charge is 2.24. The van der Waals surface area contributed by atoms with Crippen LogP contribution in [0.4, 0.5) is 0 Å². The molecule has 2 heterocycles. The molecule has 1 amide bonds. The molecule has 0 aliphatic carbocycles. The number of carbonyl (C=O) groups excluding carboxylic acids is 2. The van der Waals surface area contributed by atoms with Crippen LogP contribution >= 0.6 is 0 Å². The highest BCUT2D eigenvalue weighted by molar-refractivity contribution is 5.83. The van der Waals surface area contributed by atoms with Gasteiger partial charge in [-0.2, -0.15) is 0 Å². The number of ketones is 1. The minimum absolute atomic E-state index is 0.183. The Labute approximate surface area is 267 Å². The topological polar surface area (TPSA) is 64.7 Å². The number of piperidine rings is 2. The first kappa shape index (κ1) is 38.2. The molecule has 2 aliphatic heterocycles. The number of nitrogens with zero attached hydrogens (tertiary/aromatic N) is 2. The van der Waals surface area contributed by atoms with Gasteiger partial charge in [-0.3, -0.25) is 9.59 Å². The number of unbranched alkanes of at least 4 members (excludes halogenated alkanes) is 3. The zero-order chi connectivity index (χ0) is 31.6. The molecule has 0 radical (unpaired) electrons. The summed E-state index contributed by atoms with van der Waals surface area (Å²) in [5.41, 5.74) is 0.0950. The van der Waals surface area contributed by atoms with E-state index in [0.717, 1.165) is 70.0 Å². The Kier molecular flexibility index (Phi) is 18.6. The maximum atomic E-state index is 12.2. The van der Waals surface area contributed by atoms with Crippen LogP contribution in [-0.4, -0.2) is 79.4 Å². The van der Waals surface area contributed by atoms with E-state index in [1.54, 1.807) is 0 Å². The quantitative estimate of drug-likeness (QED) is 0.118. The van der Waals surface area contributed by atoms with Crippen LogP contribution in [0.1, 0.15) is 151 Å². The number of nitrogens with one attached hydrogen (secondary N) is 2. The third-order valence-corrected chi connectivity index (χ3v) is 10.9. The Balaban J connectivity index is 1.39. The minimum atomic E-state index is -0.183. The monoisotopic (exact) mass is 605 g/mol. The Morgan fingerprint density at radius 3 is 1.67 bits per heavy atom. The van der Waals surface area contributed by atoms with Crippen molar-refractivity contribution in [2.75, 3.05) is 52.4 Å². The number of rotatable bonds is 23. The molecule has 6 heteroatoms. The van der Waals surface area contributed by atoms with Gasteiger partial charge in [0.15, 0.2) is 0 Å². The molecule has 43 heavy (non-hydrogen) atoms. The second kappa shape index (κ2) is 20.9. The molecule has 252 valence electrons. The largest absolute Gasteiger partial charge is 0.356 e. The molecule has 0 unspecified atom stereocenters. The predicted molar refractivity (Wildman–Crippen MR) is 184 cm³/mol. The molecule has 2 fully saturated rings. The fraction of sp³-hybridized carbons (Fsp3) is 0.946. The average Bonchev–Trinajstić information content (AvgIpc) is 3.00. The van der Waals surface area contributed by atoms with Gasteiger partial charge in [0.1, 0.15) is 5.78 Å². The van der Waals surface area contributed by atoms with Crippen LogP contribution in [0.15, 0.2) is 0 Å². The number of amides is 1. The average molecular weight is 605 g/mol. The van der Waals surface area contributed by atoms with E-state index in [4.69, 9.17) is 0 Å². The first-order valence-corrected chi connectivity index (χ1v) is 18.5. The molecule has 0 spiro atoms. The summed E-state index contributed by atoms with van der Waals surface area (Å²) in [4.78, 5) is 29.7. The van der Waals surface area contributed by atoms with Gasteiger partial charge in [0.25, 0.3) is 0 Å². The molecule has 2 aliphatic rings. The van der Waals surface area contributed by atoms with Crippen molar-refractivity contribution in [3.63, 3.8) is 0 Å². The summed E-state index contributed by atoms with van der Waals surface area (Å²) in [5, 5.41) is 6.82. The SMILES string of the molecule is CCC(C)(C)NCCCN1CCC(CCCC2CCN(CCCNC(=O)CCCCCCC(=O)C(C)(C)CC)CC2)CC1. The van der Waals surface area contributed by atoms with Crippen LogP contribution in [0.3, 0.4) is 0 Å². The van der Waals surface area contributed by atoms with Gasteiger partial charge in [-0.25, -0.2) is 0 Å². The van der Waals surface area contributed by atoms with Crippen molar-refractivity contribution in [2.45, 2.75) is 156 Å². The van der Waals surface area contributed by atoms with Gasteiger partial charge in [0.05, 0.1) is 0 Å². The smallest absolute Gasteiger partial charge is 0.219 e. The molecule has 2 N–H and O–H groups in total. The minimum Gasteiger partial charge on any atom is -0.356 e. The van der Waals surface area contributed by atoms with Gasteiger partial charge in [0, 0.05) is 30.3 Å². The van der Waals surface area contributed by atoms with Crippen LogP contribution in [0.2, 0.25) is 0 Å². The fourth-order valence-corrected chi connectivity index (χ4v) is 6.63. The van der Waals surface area contributed by atoms with Crippen LogP contribution in [0.25, 0.3) is 0 Å². The predicted octanol–water partition coefficient (Wildman–Crippen LogP) is 7.60. The molecule has 6 nitrogen and oxygen atoms in total. The Morgan fingerprint density at radius 2 is 1.16 bits per heavy atom. The zero-order valence-corrected chi connectivity index (χ0v) is 29.5. The summed E-state index contributed by atoms with van der Waals surface area (Å²) in [5.74, 6) is 2.45. The van der Waals surface area contributed by atoms with Crippen molar-refractivity contribution in [1.29, 1.82) is 0 Å². The summed E-state index contributed by atoms with van der Waals surface area (Å²) < 4.78 is 0. The van der Waals surface area contributed by atoms with Crippen molar-refractivity contribution < 1.29 is 9.59 Å². The molecule has 0 aromatic rings. The standard InChI is InChI=1S/C37H72N4O2/c1-7-36(3,4)34(42)18-11-9-10-12-19-35(43)38-24-14-26-40-28-20-32(21-29-40)16-13-17-33-22-30-41(31-23-33)27-15-25-39-37(5,6)8-2/h32-33,39H,7-31H2,1-6H3,(H,38,43). The summed E-state index contributed by atoms with van der Waals surface area (Å²) in [7, 11) is 0. The number of hydrogen-bond acceptors (Lipinski definition) is 5. The van der Waals surface area contributed by atoms with Crippen molar-refractivity contribution in [3.8, 4) is 0 Å². The van der Waals surface area contributed by atoms with Gasteiger partial charge >= 0.3 is 0 Å². The van der Waals surface area contributed by atoms with E-state index < -0.39 is 0 Å². The van der Waals surface area contributed by atoms with Crippen molar-refractivity contribution in [3.05, 3.63) is 0 Å². The molecular weight excluding hydrogens is 532 g/mol. The van der Waals surface area contributed by atoms with Crippen LogP contribution < -0.4 is 10.6 Å². The summed E-state index contributed by atoms with van der Waals surface area (Å²) in [6.45, 7) is 22.4. The Morgan fingerprint density at radius 1 is 0.651 bits per heavy atom. The molecule has 0 bridgehead atoms. The van der Waals surface area contributed by atoms with Crippen molar-refractivity contribution >= 4 is 11.7 Å². The first-order chi connectivity index (χ1) is 20.5. The van der Waals surface area contributed by atoms with E-state index in [2.05, 4.69) is 48.1 Å². The van der Waals surface area contributed by atoms with E-state index >= 15 is 0 Å². The van der Waals surface area contributed by atoms with Gasteiger partial charge < -0.3 is 20.4 Å². The lowest BCUT2D eigenvalue weighted by Crippen LogP contribution is -2.41. The van der Waals surface area contributed by atoms with Crippen molar-refractivity contribution in [2.24, 2.45) is 17.3 Å². The van der Waals surface area contributed by atoms with Gasteiger partial charge in [0.2, 0.25) is 5.91 Å². The normalized spacial score (nSPS) is 18.3. The third-order valence-electron chi connectivity index (χ3n) is 10.9. The number of hydrogen-bond donors (Lipinski definition) is 2. The molecule has 0 aromatic carbocycles. The summed E-state index contributed by atoms with van der Waals surface area (Å²) in [6, 6.07) is 0. The van der Waals surface area contributed by atoms with Crippen LogP contribution in [0, 0.1) is 17.3 Å². The van der Waals surface area contributed by atoms with Crippen LogP contribution in [-0.2, 0) is 9.59 Å². The van der Waals surface area contributed by atoms with Gasteiger partial charge in [-0.1, -0.05) is 59.8 Å². The maximum Gasteiger partial charge on any atom is 0.219 e. The highest BCUT2D eigenvalue weighted by Crippen LogP contribution is 2.27. The maximum absolute atomic E-state index is 12.2. The third kappa shape index (κ3) is 16.8. The molecule has 0 saturated carbocycles. The first-order valence-electron chi connectivity index (χ1n) is 18.5. The lowest BCUT2D eigenvalue weighted by atomic mass is 9.83. The lowest BCUT2D eigenvalue weighted by molar-refractivity contribution is -0.127. The summed E-state index contributed by atoms with van der Waals surface area (Å²) in [6.07, 6.45) is 19.5. The van der Waals surface area contributed by atoms with E-state index in [9.17, 15) is 9.59 Å². The highest BCUT2D eigenvalue weighted by atomic mass is 16.1. The Hall–Kier alpha value is -0.980. The van der Waals surface area contributed by atoms with E-state index in [0.29, 0.717) is 18.6 Å². The summed E-state index contributed by atoms with van der Waals surface area (Å²) >= 11 is 0. The number of likely N-dealkylation sites (tertiary alicyclic amines) is 2. The van der Waals surface area contributed by atoms with E-state index in [-0.39, 0.29) is 16.9 Å². The second-order valence-corrected chi connectivity index (χ2v) is 15.3. The number of Topliss-reactive ketones (excluding diaryl/α,β-unsaturated/α-hetero) is 1. The van der Waals surface area contributed by atoms with E-state index in [1.807, 2.05) is 13.8 Å². The van der Waals surface area contributed by atoms with Gasteiger partial charge in [-0.15, -0.1) is 0 Å². The van der Waals surface area contributed by atoms with Crippen molar-refractivity contribution in [1.82, 2.24) is 20.4 Å². The zero-order valence-electron chi connectivity index (χ0n) is 29.5. The lowest BCUT2D eigenvalue weighted by Gasteiger charge is -2.34. The molecule has 0 atom stereocenters. The molecule has 0 aromatic heterocycles. The number of carbonyl (C=O) groups is 2. The Bertz CT molecular complexity index is 752. The molecule has 2 rings (SSSR count). The van der Waals surface area contributed by atoms with E-state index in [1.165, 1.54) is 90.5 Å². The molecular formula is C37H72N4O2. The van der Waals surface area contributed by atoms with Gasteiger partial charge in [-0.05, 0) is 136 Å². The fourth-order valence-electron chi connectivity index (χ4n) is 6.63. The van der Waals surface area contributed by atoms with Crippen LogP contribution in [0.5, 0.6) is 0 Å².